The minimum Gasteiger partial charge on any atom is -0.361 e. The van der Waals surface area contributed by atoms with Crippen molar-refractivity contribution in [3.05, 3.63) is 17.0 Å². The number of piperazine rings is 1. The molecule has 1 N–H and O–H groups in total. The zero-order valence-corrected chi connectivity index (χ0v) is 15.8. The average Bonchev–Trinajstić information content (AvgIpc) is 2.85. The van der Waals surface area contributed by atoms with E-state index >= 15 is 0 Å². The van der Waals surface area contributed by atoms with Gasteiger partial charge in [0, 0.05) is 50.9 Å². The minimum atomic E-state index is -0.0720. The molecule has 0 spiro atoms. The molecule has 0 bridgehead atoms. The van der Waals surface area contributed by atoms with Crippen LogP contribution in [0.15, 0.2) is 4.52 Å². The number of carbonyl (C=O) groups is 1. The molecule has 0 radical (unpaired) electrons. The summed E-state index contributed by atoms with van der Waals surface area (Å²) in [7, 11) is 3.94. The number of nitrogens with one attached hydrogen (secondary N) is 1. The van der Waals surface area contributed by atoms with E-state index in [9.17, 15) is 4.79 Å². The van der Waals surface area contributed by atoms with Gasteiger partial charge in [-0.1, -0.05) is 5.16 Å². The van der Waals surface area contributed by atoms with Crippen molar-refractivity contribution < 1.29 is 9.32 Å². The first-order chi connectivity index (χ1) is 11.2. The Kier molecular flexibility index (Phi) is 5.87. The highest BCUT2D eigenvalue weighted by atomic mass is 16.5. The van der Waals surface area contributed by atoms with Gasteiger partial charge in [0.25, 0.3) is 0 Å². The van der Waals surface area contributed by atoms with Gasteiger partial charge >= 0.3 is 6.03 Å². The number of amides is 2. The lowest BCUT2D eigenvalue weighted by Crippen LogP contribution is -2.58. The molecule has 7 nitrogen and oxygen atoms in total. The summed E-state index contributed by atoms with van der Waals surface area (Å²) in [5.74, 6) is 0.768. The zero-order chi connectivity index (χ0) is 17.9. The third-order valence-electron chi connectivity index (χ3n) is 4.95. The fraction of sp³-hybridized carbons (Fsp3) is 0.765. The molecule has 2 rings (SSSR count). The van der Waals surface area contributed by atoms with Crippen LogP contribution in [-0.2, 0) is 6.54 Å². The summed E-state index contributed by atoms with van der Waals surface area (Å²) in [5.41, 5.74) is 1.76. The minimum absolute atomic E-state index is 0.0548. The molecule has 7 heteroatoms. The van der Waals surface area contributed by atoms with E-state index in [1.165, 1.54) is 0 Å². The van der Waals surface area contributed by atoms with Crippen molar-refractivity contribution in [3.63, 3.8) is 0 Å². The molecule has 1 aliphatic heterocycles. The summed E-state index contributed by atoms with van der Waals surface area (Å²) in [4.78, 5) is 18.9. The Hall–Kier alpha value is -1.60. The van der Waals surface area contributed by atoms with Crippen LogP contribution < -0.4 is 5.32 Å². The molecule has 136 valence electrons. The predicted molar refractivity (Wildman–Crippen MR) is 94.0 cm³/mol. The first-order valence-corrected chi connectivity index (χ1v) is 8.55. The molecule has 1 saturated heterocycles. The maximum absolute atomic E-state index is 12.4. The molecule has 0 unspecified atom stereocenters. The molecular weight excluding hydrogens is 306 g/mol. The second-order valence-corrected chi connectivity index (χ2v) is 7.42. The van der Waals surface area contributed by atoms with Crippen molar-refractivity contribution >= 4 is 6.03 Å². The van der Waals surface area contributed by atoms with Crippen LogP contribution in [0.25, 0.3) is 0 Å². The quantitative estimate of drug-likeness (QED) is 0.881. The highest BCUT2D eigenvalue weighted by molar-refractivity contribution is 5.74. The van der Waals surface area contributed by atoms with E-state index in [0.717, 1.165) is 43.2 Å². The van der Waals surface area contributed by atoms with Crippen LogP contribution in [-0.4, -0.2) is 78.2 Å². The molecule has 1 fully saturated rings. The van der Waals surface area contributed by atoms with Crippen molar-refractivity contribution in [2.75, 3.05) is 46.8 Å². The number of hydrogen-bond acceptors (Lipinski definition) is 5. The van der Waals surface area contributed by atoms with Crippen LogP contribution in [0.3, 0.4) is 0 Å². The van der Waals surface area contributed by atoms with Gasteiger partial charge in [0.2, 0.25) is 0 Å². The smallest absolute Gasteiger partial charge is 0.317 e. The number of rotatable bonds is 5. The molecule has 1 aromatic heterocycles. The molecule has 24 heavy (non-hydrogen) atoms. The van der Waals surface area contributed by atoms with E-state index in [0.29, 0.717) is 13.1 Å². The normalized spacial score (nSPS) is 17.1. The van der Waals surface area contributed by atoms with E-state index < -0.39 is 0 Å². The Labute approximate surface area is 144 Å². The first-order valence-electron chi connectivity index (χ1n) is 8.55. The molecule has 2 heterocycles. The SMILES string of the molecule is Cc1noc(C)c1CN(C)C(=O)NCC(C)(C)N1CCN(C)CC1. The molecule has 1 aliphatic rings. The largest absolute Gasteiger partial charge is 0.361 e. The third kappa shape index (κ3) is 4.48. The van der Waals surface area contributed by atoms with Gasteiger partial charge in [-0.05, 0) is 34.7 Å². The molecule has 0 aromatic carbocycles. The van der Waals surface area contributed by atoms with Crippen molar-refractivity contribution in [2.24, 2.45) is 0 Å². The topological polar surface area (TPSA) is 64.9 Å². The maximum atomic E-state index is 12.4. The monoisotopic (exact) mass is 337 g/mol. The molecule has 0 atom stereocenters. The Balaban J connectivity index is 1.85. The Bertz CT molecular complexity index is 542. The highest BCUT2D eigenvalue weighted by Crippen LogP contribution is 2.17. The third-order valence-corrected chi connectivity index (χ3v) is 4.95. The number of carbonyl (C=O) groups excluding carboxylic acids is 1. The number of hydrogen-bond donors (Lipinski definition) is 1. The molecule has 1 aromatic rings. The summed E-state index contributed by atoms with van der Waals surface area (Å²) in [6, 6.07) is -0.0720. The second kappa shape index (κ2) is 7.53. The first kappa shape index (κ1) is 18.7. The van der Waals surface area contributed by atoms with E-state index in [2.05, 4.69) is 41.2 Å². The summed E-state index contributed by atoms with van der Waals surface area (Å²) in [5, 5.41) is 7.00. The number of nitrogens with zero attached hydrogens (tertiary/aromatic N) is 4. The molecular formula is C17H31N5O2. The highest BCUT2D eigenvalue weighted by Gasteiger charge is 2.29. The van der Waals surface area contributed by atoms with Gasteiger partial charge in [0.15, 0.2) is 0 Å². The van der Waals surface area contributed by atoms with Crippen molar-refractivity contribution in [1.82, 2.24) is 25.2 Å². The zero-order valence-electron chi connectivity index (χ0n) is 15.8. The lowest BCUT2D eigenvalue weighted by Gasteiger charge is -2.43. The Morgan fingerprint density at radius 3 is 2.46 bits per heavy atom. The summed E-state index contributed by atoms with van der Waals surface area (Å²) < 4.78 is 5.16. The lowest BCUT2D eigenvalue weighted by atomic mass is 10.0. The summed E-state index contributed by atoms with van der Waals surface area (Å²) in [6.45, 7) is 13.5. The van der Waals surface area contributed by atoms with Crippen molar-refractivity contribution in [1.29, 1.82) is 0 Å². The van der Waals surface area contributed by atoms with Gasteiger partial charge < -0.3 is 19.6 Å². The van der Waals surface area contributed by atoms with Crippen LogP contribution in [0.1, 0.15) is 30.9 Å². The van der Waals surface area contributed by atoms with Crippen molar-refractivity contribution in [3.8, 4) is 0 Å². The predicted octanol–water partition coefficient (Wildman–Crippen LogP) is 1.46. The number of aromatic nitrogens is 1. The molecule has 2 amide bonds. The summed E-state index contributed by atoms with van der Waals surface area (Å²) in [6.07, 6.45) is 0. The van der Waals surface area contributed by atoms with Gasteiger partial charge in [-0.3, -0.25) is 4.90 Å². The molecule has 0 saturated carbocycles. The van der Waals surface area contributed by atoms with Gasteiger partial charge in [-0.2, -0.15) is 0 Å². The maximum Gasteiger partial charge on any atom is 0.317 e. The van der Waals surface area contributed by atoms with E-state index in [1.54, 1.807) is 11.9 Å². The van der Waals surface area contributed by atoms with E-state index in [4.69, 9.17) is 4.52 Å². The van der Waals surface area contributed by atoms with Gasteiger partial charge in [0.1, 0.15) is 5.76 Å². The number of aryl methyl sites for hydroxylation is 2. The number of urea groups is 1. The fourth-order valence-electron chi connectivity index (χ4n) is 2.99. The van der Waals surface area contributed by atoms with Crippen LogP contribution in [0.2, 0.25) is 0 Å². The van der Waals surface area contributed by atoms with Crippen LogP contribution in [0.5, 0.6) is 0 Å². The summed E-state index contributed by atoms with van der Waals surface area (Å²) >= 11 is 0. The second-order valence-electron chi connectivity index (χ2n) is 7.42. The standard InChI is InChI=1S/C17H31N5O2/c1-13-15(14(2)24-19-13)11-21(6)16(23)18-12-17(3,4)22-9-7-20(5)8-10-22/h7-12H2,1-6H3,(H,18,23). The van der Waals surface area contributed by atoms with Crippen LogP contribution >= 0.6 is 0 Å². The lowest BCUT2D eigenvalue weighted by molar-refractivity contribution is 0.0624. The van der Waals surface area contributed by atoms with Gasteiger partial charge in [0.05, 0.1) is 12.2 Å². The van der Waals surface area contributed by atoms with Crippen LogP contribution in [0.4, 0.5) is 4.79 Å². The van der Waals surface area contributed by atoms with Gasteiger partial charge in [-0.25, -0.2) is 4.79 Å². The van der Waals surface area contributed by atoms with E-state index in [-0.39, 0.29) is 11.6 Å². The Morgan fingerprint density at radius 2 is 1.92 bits per heavy atom. The van der Waals surface area contributed by atoms with E-state index in [1.807, 2.05) is 13.8 Å². The molecule has 0 aliphatic carbocycles. The van der Waals surface area contributed by atoms with Gasteiger partial charge in [-0.15, -0.1) is 0 Å². The fourth-order valence-corrected chi connectivity index (χ4v) is 2.99. The Morgan fingerprint density at radius 1 is 1.29 bits per heavy atom. The average molecular weight is 337 g/mol. The number of likely N-dealkylation sites (N-methyl/N-ethyl adjacent to an activating group) is 1. The van der Waals surface area contributed by atoms with Crippen LogP contribution in [0, 0.1) is 13.8 Å². The van der Waals surface area contributed by atoms with Crippen molar-refractivity contribution in [2.45, 2.75) is 39.8 Å².